The molecule has 0 unspecified atom stereocenters. The van der Waals surface area contributed by atoms with Crippen molar-refractivity contribution in [2.75, 3.05) is 0 Å². The van der Waals surface area contributed by atoms with E-state index >= 15 is 0 Å². The highest BCUT2D eigenvalue weighted by Crippen LogP contribution is 2.25. The van der Waals surface area contributed by atoms with Crippen molar-refractivity contribution >= 4 is 58.6 Å². The van der Waals surface area contributed by atoms with Crippen molar-refractivity contribution in [3.8, 4) is 23.2 Å². The lowest BCUT2D eigenvalue weighted by Crippen LogP contribution is -2.15. The van der Waals surface area contributed by atoms with Gasteiger partial charge >= 0.3 is 0 Å². The number of amidine groups is 2. The second kappa shape index (κ2) is 17.2. The number of imidazole rings is 2. The third-order valence-electron chi connectivity index (χ3n) is 8.45. The first-order valence-electron chi connectivity index (χ1n) is 17.8. The van der Waals surface area contributed by atoms with Crippen LogP contribution in [0.5, 0.6) is 0 Å². The molecule has 0 spiro atoms. The molecule has 0 amide bonds. The van der Waals surface area contributed by atoms with E-state index in [1.165, 1.54) is 0 Å². The van der Waals surface area contributed by atoms with Gasteiger partial charge in [0, 0.05) is 23.2 Å². The van der Waals surface area contributed by atoms with Crippen LogP contribution in [0, 0.1) is 0 Å². The fourth-order valence-corrected chi connectivity index (χ4v) is 6.00. The molecule has 0 aliphatic rings. The molecule has 6 aromatic heterocycles. The predicted octanol–water partition coefficient (Wildman–Crippen LogP) is 6.03. The van der Waals surface area contributed by atoms with Crippen molar-refractivity contribution in [1.82, 2.24) is 49.9 Å². The van der Waals surface area contributed by atoms with E-state index in [0.29, 0.717) is 70.8 Å². The molecule has 0 radical (unpaired) electrons. The largest absolute Gasteiger partial charge is 0.456 e. The number of halogens is 2. The number of H-pyrrole nitrogens is 2. The molecule has 6 N–H and O–H groups in total. The van der Waals surface area contributed by atoms with Crippen LogP contribution in [0.25, 0.3) is 45.2 Å². The summed E-state index contributed by atoms with van der Waals surface area (Å²) in [6.07, 6.45) is 3.63. The smallest absolute Gasteiger partial charge is 0.174 e. The summed E-state index contributed by atoms with van der Waals surface area (Å²) in [4.78, 5) is 24.9. The molecule has 8 aromatic rings. The zero-order chi connectivity index (χ0) is 38.1. The number of rotatable bonds is 14. The Labute approximate surface area is 338 Å². The Balaban J connectivity index is 0.00000275. The van der Waals surface area contributed by atoms with Crippen molar-refractivity contribution in [2.45, 2.75) is 66.1 Å². The number of hydrogen-bond donors (Lipinski definition) is 4. The van der Waals surface area contributed by atoms with E-state index in [-0.39, 0.29) is 50.1 Å². The summed E-state index contributed by atoms with van der Waals surface area (Å²) in [5.41, 5.74) is 18.6. The van der Waals surface area contributed by atoms with Gasteiger partial charge in [-0.05, 0) is 88.4 Å². The number of aromatic amines is 2. The summed E-state index contributed by atoms with van der Waals surface area (Å²) < 4.78 is 21.4. The predicted molar refractivity (Wildman–Crippen MR) is 221 cm³/mol. The summed E-state index contributed by atoms with van der Waals surface area (Å²) in [6, 6.07) is 19.3. The second-order valence-corrected chi connectivity index (χ2v) is 13.7. The van der Waals surface area contributed by atoms with Gasteiger partial charge in [0.2, 0.25) is 0 Å². The Morgan fingerprint density at radius 2 is 1.11 bits per heavy atom. The van der Waals surface area contributed by atoms with E-state index in [0.717, 1.165) is 33.2 Å². The zero-order valence-corrected chi connectivity index (χ0v) is 33.2. The number of fused-ring (bicyclic) bond motifs is 2. The number of aliphatic imine (C=N–C) groups is 2. The number of ether oxygens (including phenoxy) is 1. The van der Waals surface area contributed by atoms with Crippen LogP contribution in [0.15, 0.2) is 91.9 Å². The molecule has 0 aliphatic carbocycles. The van der Waals surface area contributed by atoms with Crippen LogP contribution in [0.3, 0.4) is 0 Å². The van der Waals surface area contributed by atoms with Crippen LogP contribution >= 0.6 is 24.8 Å². The first-order valence-corrected chi connectivity index (χ1v) is 17.8. The lowest BCUT2D eigenvalue weighted by molar-refractivity contribution is 0.102. The molecule has 0 bridgehead atoms. The van der Waals surface area contributed by atoms with Crippen LogP contribution in [-0.2, 0) is 31.0 Å². The number of furan rings is 2. The fraction of sp³-hybridized carbons (Fsp3) is 0.263. The quantitative estimate of drug-likeness (QED) is 0.0732. The molecule has 2 aromatic carbocycles. The van der Waals surface area contributed by atoms with Gasteiger partial charge in [0.25, 0.3) is 0 Å². The molecule has 296 valence electrons. The Hall–Kier alpha value is -6.30. The van der Waals surface area contributed by atoms with Crippen LogP contribution in [-0.4, -0.2) is 73.7 Å². The monoisotopic (exact) mass is 812 g/mol. The molecule has 19 heteroatoms. The van der Waals surface area contributed by atoms with Gasteiger partial charge in [0.1, 0.15) is 47.7 Å². The highest BCUT2D eigenvalue weighted by atomic mass is 35.5. The van der Waals surface area contributed by atoms with Gasteiger partial charge in [-0.3, -0.25) is 9.98 Å². The van der Waals surface area contributed by atoms with Gasteiger partial charge in [-0.2, -0.15) is 0 Å². The van der Waals surface area contributed by atoms with Crippen LogP contribution in [0.4, 0.5) is 0 Å². The van der Waals surface area contributed by atoms with Crippen LogP contribution in [0.2, 0.25) is 0 Å². The number of benzene rings is 2. The van der Waals surface area contributed by atoms with Crippen LogP contribution < -0.4 is 11.5 Å². The number of hydrogen-bond acceptors (Lipinski definition) is 11. The van der Waals surface area contributed by atoms with Gasteiger partial charge in [0.15, 0.2) is 23.2 Å². The van der Waals surface area contributed by atoms with E-state index in [9.17, 15) is 0 Å². The van der Waals surface area contributed by atoms with Crippen molar-refractivity contribution in [2.24, 2.45) is 21.5 Å². The molecule has 0 aliphatic heterocycles. The maximum atomic E-state index is 6.16. The van der Waals surface area contributed by atoms with Crippen molar-refractivity contribution in [3.05, 3.63) is 107 Å². The Kier molecular flexibility index (Phi) is 12.2. The van der Waals surface area contributed by atoms with E-state index in [4.69, 9.17) is 25.0 Å². The minimum absolute atomic E-state index is 0. The van der Waals surface area contributed by atoms with E-state index in [1.54, 1.807) is 9.36 Å². The summed E-state index contributed by atoms with van der Waals surface area (Å²) >= 11 is 0. The molecular weight excluding hydrogens is 771 g/mol. The molecule has 6 heterocycles. The topological polar surface area (TPSA) is 231 Å². The average Bonchev–Trinajstić information content (AvgIpc) is 4.00. The molecule has 0 saturated carbocycles. The van der Waals surface area contributed by atoms with Gasteiger partial charge in [-0.1, -0.05) is 10.4 Å². The molecular formula is C38H42Cl2N14O3. The molecule has 0 saturated heterocycles. The summed E-state index contributed by atoms with van der Waals surface area (Å²) in [7, 11) is 0. The molecule has 0 atom stereocenters. The molecule has 0 fully saturated rings. The highest BCUT2D eigenvalue weighted by molar-refractivity contribution is 6.01. The first kappa shape index (κ1) is 40.4. The first-order chi connectivity index (χ1) is 26.6. The zero-order valence-electron chi connectivity index (χ0n) is 31.6. The summed E-state index contributed by atoms with van der Waals surface area (Å²) in [5, 5.41) is 16.9. The minimum atomic E-state index is 0. The average molecular weight is 814 g/mol. The summed E-state index contributed by atoms with van der Waals surface area (Å²) in [6.45, 7) is 9.23. The minimum Gasteiger partial charge on any atom is -0.456 e. The lowest BCUT2D eigenvalue weighted by Gasteiger charge is -2.03. The maximum Gasteiger partial charge on any atom is 0.174 e. The molecule has 57 heavy (non-hydrogen) atoms. The number of nitrogens with zero attached hydrogens (tertiary/aromatic N) is 10. The third kappa shape index (κ3) is 9.40. The van der Waals surface area contributed by atoms with Gasteiger partial charge in [0.05, 0.1) is 47.7 Å². The van der Waals surface area contributed by atoms with Crippen molar-refractivity contribution < 1.29 is 13.6 Å². The number of nitrogens with two attached hydrogens (primary N) is 2. The summed E-state index contributed by atoms with van der Waals surface area (Å²) in [5.74, 6) is 4.84. The van der Waals surface area contributed by atoms with E-state index < -0.39 is 0 Å². The SMILES string of the molecule is CC(C)N=C(N)c1ccc2nc(-c3ccc(Cn4cc(COCc5cn(Cc6ccc(-c7nc8ccc(C(N)=NC(C)C)cc8[nH]7)o6)nn5)nn4)o3)[nH]c2c1.Cl.Cl. The Morgan fingerprint density at radius 3 is 1.53 bits per heavy atom. The van der Waals surface area contributed by atoms with Gasteiger partial charge in [-0.15, -0.1) is 35.0 Å². The second-order valence-electron chi connectivity index (χ2n) is 13.7. The van der Waals surface area contributed by atoms with Gasteiger partial charge < -0.3 is 35.0 Å². The highest BCUT2D eigenvalue weighted by Gasteiger charge is 2.15. The normalized spacial score (nSPS) is 12.2. The number of aromatic nitrogens is 10. The lowest BCUT2D eigenvalue weighted by atomic mass is 10.2. The van der Waals surface area contributed by atoms with Crippen molar-refractivity contribution in [3.63, 3.8) is 0 Å². The van der Waals surface area contributed by atoms with Crippen LogP contribution in [0.1, 0.15) is 61.7 Å². The Morgan fingerprint density at radius 1 is 0.667 bits per heavy atom. The van der Waals surface area contributed by atoms with Crippen molar-refractivity contribution in [1.29, 1.82) is 0 Å². The molecule has 8 rings (SSSR count). The van der Waals surface area contributed by atoms with E-state index in [2.05, 4.69) is 50.5 Å². The third-order valence-corrected chi connectivity index (χ3v) is 8.45. The standard InChI is InChI=1S/C38H40N14O3.2ClH/c1-21(2)41-35(39)23-5-9-29-31(13-23)45-37(43-29)33-11-7-27(54-33)17-51-15-25(47-49-51)19-53-20-26-16-52(50-48-26)18-28-8-12-34(55-28)38-44-30-10-6-24(14-32(30)46-38)36(40)42-22(3)4;;/h5-16,21-22H,17-20H2,1-4H3,(H2,39,41)(H2,40,42)(H,43,45)(H,44,46);2*1H. The fourth-order valence-electron chi connectivity index (χ4n) is 6.00. The maximum absolute atomic E-state index is 6.16. The molecule has 17 nitrogen and oxygen atoms in total. The van der Waals surface area contributed by atoms with Gasteiger partial charge in [-0.25, -0.2) is 19.3 Å². The van der Waals surface area contributed by atoms with E-state index in [1.807, 2.05) is 101 Å². The Bertz CT molecular complexity index is 2480. The number of nitrogens with one attached hydrogen (secondary N) is 2.